The van der Waals surface area contributed by atoms with E-state index in [1.165, 1.54) is 0 Å². The Kier molecular flexibility index (Phi) is 2.95. The number of nitrogens with two attached hydrogens (primary N) is 1. The first kappa shape index (κ1) is 12.1. The van der Waals surface area contributed by atoms with E-state index in [0.717, 1.165) is 18.5 Å². The van der Waals surface area contributed by atoms with Crippen molar-refractivity contribution in [3.8, 4) is 0 Å². The van der Waals surface area contributed by atoms with E-state index in [2.05, 4.69) is 12.0 Å². The van der Waals surface area contributed by atoms with Crippen LogP contribution >= 0.6 is 0 Å². The summed E-state index contributed by atoms with van der Waals surface area (Å²) >= 11 is 0. The summed E-state index contributed by atoms with van der Waals surface area (Å²) in [6.45, 7) is 5.31. The van der Waals surface area contributed by atoms with Crippen molar-refractivity contribution >= 4 is 5.91 Å². The summed E-state index contributed by atoms with van der Waals surface area (Å²) in [5, 5.41) is 4.18. The summed E-state index contributed by atoms with van der Waals surface area (Å²) in [5.41, 5.74) is 7.48. The van der Waals surface area contributed by atoms with E-state index < -0.39 is 0 Å². The lowest BCUT2D eigenvalue weighted by atomic mass is 9.86. The molecule has 1 aromatic rings. The maximum Gasteiger partial charge on any atom is 0.272 e. The lowest BCUT2D eigenvalue weighted by Crippen LogP contribution is -2.68. The summed E-state index contributed by atoms with van der Waals surface area (Å²) in [5.74, 6) is 0.0327. The van der Waals surface area contributed by atoms with Gasteiger partial charge >= 0.3 is 0 Å². The largest absolute Gasteiger partial charge is 0.333 e. The zero-order valence-electron chi connectivity index (χ0n) is 10.7. The number of aryl methyl sites for hydroxylation is 2. The smallest absolute Gasteiger partial charge is 0.272 e. The Hall–Kier alpha value is -1.36. The molecule has 0 bridgehead atoms. The SMILES string of the molecule is CCCC1(N)CN(C(=O)c2cc(C)nn2C)C1. The van der Waals surface area contributed by atoms with Gasteiger partial charge in [0.2, 0.25) is 0 Å². The molecule has 0 unspecified atom stereocenters. The molecule has 0 aliphatic carbocycles. The van der Waals surface area contributed by atoms with Crippen LogP contribution in [0.25, 0.3) is 0 Å². The van der Waals surface area contributed by atoms with Crippen LogP contribution in [0.5, 0.6) is 0 Å². The molecule has 0 saturated carbocycles. The molecule has 5 nitrogen and oxygen atoms in total. The topological polar surface area (TPSA) is 64.2 Å². The van der Waals surface area contributed by atoms with Gasteiger partial charge in [0.25, 0.3) is 5.91 Å². The third-order valence-corrected chi connectivity index (χ3v) is 3.27. The predicted octanol–water partition coefficient (Wildman–Crippen LogP) is 0.682. The third kappa shape index (κ3) is 2.20. The first-order valence-corrected chi connectivity index (χ1v) is 6.04. The highest BCUT2D eigenvalue weighted by molar-refractivity contribution is 5.93. The molecular weight excluding hydrogens is 216 g/mol. The Balaban J connectivity index is 2.02. The van der Waals surface area contributed by atoms with Crippen LogP contribution in [-0.4, -0.2) is 39.2 Å². The van der Waals surface area contributed by atoms with Gasteiger partial charge in [-0.25, -0.2) is 0 Å². The maximum absolute atomic E-state index is 12.2. The van der Waals surface area contributed by atoms with E-state index in [9.17, 15) is 4.79 Å². The number of likely N-dealkylation sites (tertiary alicyclic amines) is 1. The minimum atomic E-state index is -0.169. The Bertz CT molecular complexity index is 432. The van der Waals surface area contributed by atoms with Gasteiger partial charge in [-0.3, -0.25) is 9.48 Å². The van der Waals surface area contributed by atoms with Crippen LogP contribution in [0.1, 0.15) is 35.9 Å². The van der Waals surface area contributed by atoms with Crippen molar-refractivity contribution in [2.24, 2.45) is 12.8 Å². The molecule has 1 fully saturated rings. The molecule has 2 heterocycles. The second-order valence-electron chi connectivity index (χ2n) is 5.07. The van der Waals surface area contributed by atoms with Crippen molar-refractivity contribution in [3.63, 3.8) is 0 Å². The number of aromatic nitrogens is 2. The molecule has 0 atom stereocenters. The minimum absolute atomic E-state index is 0.0327. The van der Waals surface area contributed by atoms with E-state index in [1.807, 2.05) is 13.0 Å². The lowest BCUT2D eigenvalue weighted by molar-refractivity contribution is 0.0376. The van der Waals surface area contributed by atoms with Crippen LogP contribution in [0.15, 0.2) is 6.07 Å². The molecule has 1 aromatic heterocycles. The molecule has 2 rings (SSSR count). The van der Waals surface area contributed by atoms with Crippen molar-refractivity contribution in [1.29, 1.82) is 0 Å². The monoisotopic (exact) mass is 236 g/mol. The molecular formula is C12H20N4O. The zero-order valence-corrected chi connectivity index (χ0v) is 10.7. The van der Waals surface area contributed by atoms with Crippen LogP contribution in [0.2, 0.25) is 0 Å². The number of amides is 1. The Labute approximate surface area is 102 Å². The summed E-state index contributed by atoms with van der Waals surface area (Å²) < 4.78 is 1.63. The van der Waals surface area contributed by atoms with Crippen molar-refractivity contribution in [1.82, 2.24) is 14.7 Å². The highest BCUT2D eigenvalue weighted by atomic mass is 16.2. The molecule has 0 spiro atoms. The average molecular weight is 236 g/mol. The Morgan fingerprint density at radius 2 is 2.24 bits per heavy atom. The van der Waals surface area contributed by atoms with Gasteiger partial charge in [0, 0.05) is 20.1 Å². The van der Waals surface area contributed by atoms with E-state index in [4.69, 9.17) is 5.73 Å². The quantitative estimate of drug-likeness (QED) is 0.839. The molecule has 17 heavy (non-hydrogen) atoms. The fourth-order valence-electron chi connectivity index (χ4n) is 2.49. The summed E-state index contributed by atoms with van der Waals surface area (Å²) in [7, 11) is 1.79. The molecule has 0 radical (unpaired) electrons. The van der Waals surface area contributed by atoms with Crippen molar-refractivity contribution in [3.05, 3.63) is 17.5 Å². The average Bonchev–Trinajstić information content (AvgIpc) is 2.53. The minimum Gasteiger partial charge on any atom is -0.333 e. The first-order valence-electron chi connectivity index (χ1n) is 6.04. The van der Waals surface area contributed by atoms with Crippen molar-refractivity contribution < 1.29 is 4.79 Å². The normalized spacial score (nSPS) is 18.0. The number of hydrogen-bond donors (Lipinski definition) is 1. The predicted molar refractivity (Wildman–Crippen MR) is 65.7 cm³/mol. The van der Waals surface area contributed by atoms with Gasteiger partial charge in [-0.15, -0.1) is 0 Å². The van der Waals surface area contributed by atoms with Gasteiger partial charge in [0.15, 0.2) is 0 Å². The molecule has 1 aliphatic heterocycles. The summed E-state index contributed by atoms with van der Waals surface area (Å²) in [6.07, 6.45) is 2.03. The van der Waals surface area contributed by atoms with Crippen molar-refractivity contribution in [2.45, 2.75) is 32.2 Å². The van der Waals surface area contributed by atoms with E-state index in [1.54, 1.807) is 16.6 Å². The van der Waals surface area contributed by atoms with Crippen LogP contribution in [0, 0.1) is 6.92 Å². The van der Waals surface area contributed by atoms with Crippen LogP contribution < -0.4 is 5.73 Å². The van der Waals surface area contributed by atoms with Crippen LogP contribution in [0.4, 0.5) is 0 Å². The van der Waals surface area contributed by atoms with E-state index in [0.29, 0.717) is 18.8 Å². The number of carbonyl (C=O) groups excluding carboxylic acids is 1. The molecule has 1 amide bonds. The molecule has 0 aromatic carbocycles. The highest BCUT2D eigenvalue weighted by Gasteiger charge is 2.41. The Morgan fingerprint density at radius 1 is 1.59 bits per heavy atom. The first-order chi connectivity index (χ1) is 7.95. The van der Waals surface area contributed by atoms with Crippen LogP contribution in [0.3, 0.4) is 0 Å². The van der Waals surface area contributed by atoms with Crippen LogP contribution in [-0.2, 0) is 7.05 Å². The van der Waals surface area contributed by atoms with Crippen molar-refractivity contribution in [2.75, 3.05) is 13.1 Å². The summed E-state index contributed by atoms with van der Waals surface area (Å²) in [4.78, 5) is 14.0. The standard InChI is InChI=1S/C12H20N4O/c1-4-5-12(13)7-16(8-12)11(17)10-6-9(2)14-15(10)3/h6H,4-5,7-8,13H2,1-3H3. The maximum atomic E-state index is 12.2. The number of carbonyl (C=O) groups is 1. The third-order valence-electron chi connectivity index (χ3n) is 3.27. The molecule has 1 saturated heterocycles. The molecule has 2 N–H and O–H groups in total. The van der Waals surface area contributed by atoms with Gasteiger partial charge in [-0.2, -0.15) is 5.10 Å². The van der Waals surface area contributed by atoms with Gasteiger partial charge < -0.3 is 10.6 Å². The van der Waals surface area contributed by atoms with Gasteiger partial charge in [0.05, 0.1) is 11.2 Å². The Morgan fingerprint density at radius 3 is 2.71 bits per heavy atom. The van der Waals surface area contributed by atoms with Gasteiger partial charge in [0.1, 0.15) is 5.69 Å². The number of hydrogen-bond acceptors (Lipinski definition) is 3. The summed E-state index contributed by atoms with van der Waals surface area (Å²) in [6, 6.07) is 1.82. The molecule has 5 heteroatoms. The lowest BCUT2D eigenvalue weighted by Gasteiger charge is -2.47. The molecule has 1 aliphatic rings. The fraction of sp³-hybridized carbons (Fsp3) is 0.667. The van der Waals surface area contributed by atoms with E-state index >= 15 is 0 Å². The number of rotatable bonds is 3. The number of nitrogens with zero attached hydrogens (tertiary/aromatic N) is 3. The zero-order chi connectivity index (χ0) is 12.6. The fourth-order valence-corrected chi connectivity index (χ4v) is 2.49. The van der Waals surface area contributed by atoms with Gasteiger partial charge in [-0.05, 0) is 19.4 Å². The van der Waals surface area contributed by atoms with Gasteiger partial charge in [-0.1, -0.05) is 13.3 Å². The second-order valence-corrected chi connectivity index (χ2v) is 5.07. The molecule has 94 valence electrons. The highest BCUT2D eigenvalue weighted by Crippen LogP contribution is 2.24. The van der Waals surface area contributed by atoms with E-state index in [-0.39, 0.29) is 11.4 Å². The second kappa shape index (κ2) is 4.14.